The number of aliphatic hydroxyl groups excluding tert-OH is 1. The predicted molar refractivity (Wildman–Crippen MR) is 166 cm³/mol. The largest absolute Gasteiger partial charge is 0.446 e. The van der Waals surface area contributed by atoms with E-state index >= 15 is 4.39 Å². The van der Waals surface area contributed by atoms with Crippen LogP contribution in [0, 0.1) is 28.6 Å². The Morgan fingerprint density at radius 1 is 1.11 bits per heavy atom. The van der Waals surface area contributed by atoms with E-state index in [0.717, 1.165) is 18.4 Å². The molecule has 0 spiro atoms. The number of thioether (sulfide) groups is 1. The average molecular weight is 623 g/mol. The molecule has 6 rings (SSSR count). The van der Waals surface area contributed by atoms with E-state index in [-0.39, 0.29) is 24.2 Å². The second kappa shape index (κ2) is 11.2. The number of carbonyl (C=O) groups is 3. The van der Waals surface area contributed by atoms with Gasteiger partial charge in [0.2, 0.25) is 5.12 Å². The Balaban J connectivity index is 1.29. The third kappa shape index (κ3) is 4.61. The molecule has 0 saturated heterocycles. The van der Waals surface area contributed by atoms with Crippen LogP contribution in [0.15, 0.2) is 71.9 Å². The second-order valence-corrected chi connectivity index (χ2v) is 14.7. The van der Waals surface area contributed by atoms with Crippen LogP contribution in [0.1, 0.15) is 75.2 Å². The molecule has 0 radical (unpaired) electrons. The molecule has 44 heavy (non-hydrogen) atoms. The quantitative estimate of drug-likeness (QED) is 0.338. The first kappa shape index (κ1) is 31.2. The van der Waals surface area contributed by atoms with Gasteiger partial charge in [-0.05, 0) is 111 Å². The van der Waals surface area contributed by atoms with Crippen LogP contribution in [-0.2, 0) is 20.7 Å². The lowest BCUT2D eigenvalue weighted by Crippen LogP contribution is -2.69. The van der Waals surface area contributed by atoms with Gasteiger partial charge in [-0.25, -0.2) is 13.6 Å². The molecular formula is C36H40F2O5S. The Morgan fingerprint density at radius 2 is 1.86 bits per heavy atom. The van der Waals surface area contributed by atoms with Gasteiger partial charge in [0.1, 0.15) is 6.01 Å². The van der Waals surface area contributed by atoms with Gasteiger partial charge in [-0.1, -0.05) is 55.9 Å². The molecule has 0 amide bonds. The number of fused-ring (bicyclic) bond motifs is 5. The van der Waals surface area contributed by atoms with E-state index in [0.29, 0.717) is 42.5 Å². The van der Waals surface area contributed by atoms with Gasteiger partial charge >= 0.3 is 5.97 Å². The van der Waals surface area contributed by atoms with E-state index in [1.807, 2.05) is 12.1 Å². The van der Waals surface area contributed by atoms with Crippen molar-refractivity contribution in [2.75, 3.05) is 6.01 Å². The zero-order valence-corrected chi connectivity index (χ0v) is 26.3. The molecule has 1 aromatic rings. The fourth-order valence-corrected chi connectivity index (χ4v) is 9.73. The second-order valence-electron chi connectivity index (χ2n) is 13.8. The summed E-state index contributed by atoms with van der Waals surface area (Å²) < 4.78 is 37.3. The van der Waals surface area contributed by atoms with E-state index in [1.165, 1.54) is 17.7 Å². The summed E-state index contributed by atoms with van der Waals surface area (Å²) in [6.07, 6.45) is 12.5. The summed E-state index contributed by atoms with van der Waals surface area (Å²) in [6, 6.07) is 6.10. The third-order valence-electron chi connectivity index (χ3n) is 11.5. The molecule has 8 heteroatoms. The molecule has 8 unspecified atom stereocenters. The molecular weight excluding hydrogens is 582 g/mol. The highest BCUT2D eigenvalue weighted by atomic mass is 32.2. The van der Waals surface area contributed by atoms with E-state index < -0.39 is 57.1 Å². The average Bonchev–Trinajstić information content (AvgIpc) is 3.28. The van der Waals surface area contributed by atoms with Crippen molar-refractivity contribution < 1.29 is 33.0 Å². The first-order valence-electron chi connectivity index (χ1n) is 15.6. The Kier molecular flexibility index (Phi) is 7.93. The van der Waals surface area contributed by atoms with Gasteiger partial charge in [0.05, 0.1) is 11.7 Å². The molecule has 234 valence electrons. The Labute approximate surface area is 261 Å². The van der Waals surface area contributed by atoms with Crippen LogP contribution in [0.2, 0.25) is 0 Å². The molecule has 0 bridgehead atoms. The van der Waals surface area contributed by atoms with Crippen LogP contribution in [0.25, 0.3) is 0 Å². The number of ketones is 1. The molecule has 8 atom stereocenters. The smallest absolute Gasteiger partial charge is 0.339 e. The van der Waals surface area contributed by atoms with Crippen molar-refractivity contribution in [3.05, 3.63) is 83.0 Å². The van der Waals surface area contributed by atoms with Gasteiger partial charge in [-0.3, -0.25) is 9.59 Å². The van der Waals surface area contributed by atoms with Crippen LogP contribution in [0.3, 0.4) is 0 Å². The highest BCUT2D eigenvalue weighted by Gasteiger charge is 2.75. The molecule has 0 aliphatic heterocycles. The van der Waals surface area contributed by atoms with Crippen LogP contribution in [0.5, 0.6) is 0 Å². The highest BCUT2D eigenvalue weighted by molar-refractivity contribution is 8.13. The van der Waals surface area contributed by atoms with Gasteiger partial charge in [0.25, 0.3) is 0 Å². The maximum absolute atomic E-state index is 17.5. The lowest BCUT2D eigenvalue weighted by Gasteiger charge is -2.62. The fourth-order valence-electron chi connectivity index (χ4n) is 9.02. The van der Waals surface area contributed by atoms with Crippen molar-refractivity contribution in [1.82, 2.24) is 0 Å². The summed E-state index contributed by atoms with van der Waals surface area (Å²) in [7, 11) is 0. The number of aliphatic hydroxyl groups is 1. The summed E-state index contributed by atoms with van der Waals surface area (Å²) in [5.74, 6) is -1.42. The number of hydrogen-bond acceptors (Lipinski definition) is 6. The number of carbonyl (C=O) groups excluding carboxylic acids is 3. The summed E-state index contributed by atoms with van der Waals surface area (Å²) >= 11 is 0.460. The Bertz CT molecular complexity index is 1500. The Hall–Kier alpha value is -2.84. The molecule has 5 aliphatic rings. The third-order valence-corrected chi connectivity index (χ3v) is 12.2. The van der Waals surface area contributed by atoms with Crippen molar-refractivity contribution in [3.63, 3.8) is 0 Å². The minimum absolute atomic E-state index is 0.121. The summed E-state index contributed by atoms with van der Waals surface area (Å²) in [5.41, 5.74) is -2.91. The first-order chi connectivity index (χ1) is 20.9. The van der Waals surface area contributed by atoms with Gasteiger partial charge in [0, 0.05) is 16.7 Å². The number of alkyl halides is 2. The molecule has 1 aromatic carbocycles. The molecule has 3 saturated carbocycles. The maximum Gasteiger partial charge on any atom is 0.339 e. The van der Waals surface area contributed by atoms with E-state index in [1.54, 1.807) is 32.1 Å². The topological polar surface area (TPSA) is 80.7 Å². The van der Waals surface area contributed by atoms with Gasteiger partial charge < -0.3 is 9.84 Å². The lowest BCUT2D eigenvalue weighted by atomic mass is 9.45. The van der Waals surface area contributed by atoms with E-state index in [9.17, 15) is 23.9 Å². The monoisotopic (exact) mass is 622 g/mol. The summed E-state index contributed by atoms with van der Waals surface area (Å²) in [4.78, 5) is 39.6. The van der Waals surface area contributed by atoms with Crippen molar-refractivity contribution in [1.29, 1.82) is 0 Å². The van der Waals surface area contributed by atoms with Crippen LogP contribution in [0.4, 0.5) is 8.78 Å². The highest BCUT2D eigenvalue weighted by Crippen LogP contribution is 2.70. The zero-order valence-electron chi connectivity index (χ0n) is 25.5. The predicted octanol–water partition coefficient (Wildman–Crippen LogP) is 7.20. The first-order valence-corrected chi connectivity index (χ1v) is 16.6. The van der Waals surface area contributed by atoms with Crippen LogP contribution < -0.4 is 0 Å². The SMILES string of the molecule is CC1C=CC(Cc2ccc(C(=O)OC3(C(=O)SCF)CCC4C5CCC6=CC(=O)C=CC6(C)C5(F)C(O)CC43C)cc2)=CC1. The molecule has 1 N–H and O–H groups in total. The minimum atomic E-state index is -2.08. The molecule has 0 aromatic heterocycles. The van der Waals surface area contributed by atoms with Crippen molar-refractivity contribution in [3.8, 4) is 0 Å². The van der Waals surface area contributed by atoms with Crippen molar-refractivity contribution >= 4 is 28.6 Å². The van der Waals surface area contributed by atoms with Crippen molar-refractivity contribution in [2.45, 2.75) is 83.1 Å². The number of ether oxygens (including phenoxy) is 1. The fraction of sp³-hybridized carbons (Fsp3) is 0.528. The lowest BCUT2D eigenvalue weighted by molar-refractivity contribution is -0.214. The summed E-state index contributed by atoms with van der Waals surface area (Å²) in [6.45, 7) is 5.70. The number of benzene rings is 1. The van der Waals surface area contributed by atoms with Gasteiger partial charge in [-0.2, -0.15) is 0 Å². The molecule has 5 nitrogen and oxygen atoms in total. The number of esters is 1. The Morgan fingerprint density at radius 3 is 2.55 bits per heavy atom. The standard InChI is InChI=1S/C36H40F2O5S/c1-22-4-6-23(7-5-22)18-24-8-10-25(11-9-24)31(41)43-35(32(42)44-21-37)17-15-28-29-13-12-26-19-27(39)14-16-33(26,2)36(29,38)30(40)20-34(28,35)3/h4,6-11,14,16,19,22,28-30,40H,5,12-13,15,17-18,20-21H2,1-3H3. The number of allylic oxidation sites excluding steroid dienone is 8. The molecule has 5 aliphatic carbocycles. The van der Waals surface area contributed by atoms with Gasteiger partial charge in [-0.15, -0.1) is 0 Å². The van der Waals surface area contributed by atoms with Crippen LogP contribution in [-0.4, -0.2) is 45.4 Å². The number of rotatable bonds is 6. The zero-order chi connectivity index (χ0) is 31.5. The molecule has 3 fully saturated rings. The molecule has 0 heterocycles. The summed E-state index contributed by atoms with van der Waals surface area (Å²) in [5, 5.41) is 11.1. The van der Waals surface area contributed by atoms with Crippen LogP contribution >= 0.6 is 11.8 Å². The van der Waals surface area contributed by atoms with Gasteiger partial charge in [0.15, 0.2) is 17.1 Å². The van der Waals surface area contributed by atoms with E-state index in [2.05, 4.69) is 25.2 Å². The van der Waals surface area contributed by atoms with E-state index in [4.69, 9.17) is 4.74 Å². The number of halogens is 2. The number of hydrogen-bond donors (Lipinski definition) is 1. The van der Waals surface area contributed by atoms with Crippen molar-refractivity contribution in [2.24, 2.45) is 28.6 Å². The maximum atomic E-state index is 17.5. The normalized spacial score (nSPS) is 39.1. The minimum Gasteiger partial charge on any atom is -0.446 e.